The molecule has 0 aliphatic carbocycles. The molecule has 2 atom stereocenters. The first-order valence-electron chi connectivity index (χ1n) is 8.21. The summed E-state index contributed by atoms with van der Waals surface area (Å²) < 4.78 is 0. The van der Waals surface area contributed by atoms with Crippen LogP contribution in [0.2, 0.25) is 0 Å². The van der Waals surface area contributed by atoms with Gasteiger partial charge >= 0.3 is 6.03 Å². The minimum atomic E-state index is -0.210. The van der Waals surface area contributed by atoms with Crippen LogP contribution in [0.15, 0.2) is 47.2 Å². The lowest BCUT2D eigenvalue weighted by Crippen LogP contribution is -2.54. The van der Waals surface area contributed by atoms with Crippen LogP contribution in [0.5, 0.6) is 0 Å². The Morgan fingerprint density at radius 1 is 1.29 bits per heavy atom. The van der Waals surface area contributed by atoms with E-state index in [1.807, 2.05) is 35.0 Å². The van der Waals surface area contributed by atoms with Crippen molar-refractivity contribution in [2.24, 2.45) is 5.92 Å². The first-order valence-corrected chi connectivity index (χ1v) is 9.15. The molecule has 0 spiro atoms. The summed E-state index contributed by atoms with van der Waals surface area (Å²) in [5.74, 6) is 0.102. The fourth-order valence-corrected chi connectivity index (χ4v) is 3.69. The van der Waals surface area contributed by atoms with Gasteiger partial charge in [0, 0.05) is 37.0 Å². The predicted molar refractivity (Wildman–Crippen MR) is 97.2 cm³/mol. The molecule has 2 heterocycles. The third-order valence-electron chi connectivity index (χ3n) is 4.42. The number of nitrogens with zero attached hydrogens (tertiary/aromatic N) is 1. The molecule has 2 aromatic rings. The normalized spacial score (nSPS) is 21.4. The zero-order valence-corrected chi connectivity index (χ0v) is 14.3. The topological polar surface area (TPSA) is 64.6 Å². The van der Waals surface area contributed by atoms with Gasteiger partial charge in [0.1, 0.15) is 0 Å². The average Bonchev–Trinajstić information content (AvgIpc) is 3.09. The smallest absolute Gasteiger partial charge is 0.319 e. The first-order chi connectivity index (χ1) is 11.7. The zero-order chi connectivity index (χ0) is 16.8. The number of urea groups is 1. The van der Waals surface area contributed by atoms with Gasteiger partial charge in [0.15, 0.2) is 0 Å². The van der Waals surface area contributed by atoms with Gasteiger partial charge in [-0.25, -0.2) is 4.79 Å². The van der Waals surface area contributed by atoms with Crippen LogP contribution < -0.4 is 10.6 Å². The van der Waals surface area contributed by atoms with Gasteiger partial charge in [0.2, 0.25) is 0 Å². The van der Waals surface area contributed by atoms with Gasteiger partial charge in [-0.3, -0.25) is 4.90 Å². The fourth-order valence-electron chi connectivity index (χ4n) is 3.11. The molecule has 1 aromatic heterocycles. The zero-order valence-electron chi connectivity index (χ0n) is 13.5. The third kappa shape index (κ3) is 4.56. The number of carbonyl (C=O) groups is 1. The molecule has 2 amide bonds. The molecule has 128 valence electrons. The van der Waals surface area contributed by atoms with Crippen molar-refractivity contribution in [2.45, 2.75) is 19.0 Å². The van der Waals surface area contributed by atoms with Crippen LogP contribution in [0.3, 0.4) is 0 Å². The van der Waals surface area contributed by atoms with Crippen LogP contribution >= 0.6 is 11.3 Å². The summed E-state index contributed by atoms with van der Waals surface area (Å²) in [6.45, 7) is 2.65. The summed E-state index contributed by atoms with van der Waals surface area (Å²) >= 11 is 1.54. The first kappa shape index (κ1) is 17.0. The minimum Gasteiger partial charge on any atom is -0.396 e. The van der Waals surface area contributed by atoms with Crippen molar-refractivity contribution >= 4 is 23.1 Å². The van der Waals surface area contributed by atoms with Gasteiger partial charge < -0.3 is 15.7 Å². The summed E-state index contributed by atoms with van der Waals surface area (Å²) in [6, 6.07) is 11.9. The monoisotopic (exact) mass is 345 g/mol. The van der Waals surface area contributed by atoms with E-state index in [2.05, 4.69) is 27.7 Å². The molecule has 1 saturated heterocycles. The van der Waals surface area contributed by atoms with Gasteiger partial charge in [-0.05, 0) is 30.0 Å². The lowest BCUT2D eigenvalue weighted by molar-refractivity contribution is 0.0958. The van der Waals surface area contributed by atoms with Crippen molar-refractivity contribution in [2.75, 3.05) is 25.0 Å². The number of aliphatic hydroxyl groups excluding tert-OH is 1. The highest BCUT2D eigenvalue weighted by Crippen LogP contribution is 2.20. The maximum atomic E-state index is 12.2. The number of nitrogens with one attached hydrogen (secondary N) is 2. The Balaban J connectivity index is 1.57. The lowest BCUT2D eigenvalue weighted by Gasteiger charge is -2.38. The quantitative estimate of drug-likeness (QED) is 0.781. The van der Waals surface area contributed by atoms with Crippen molar-refractivity contribution in [3.8, 4) is 0 Å². The fraction of sp³-hybridized carbons (Fsp3) is 0.389. The second kappa shape index (κ2) is 8.28. The number of likely N-dealkylation sites (tertiary alicyclic amines) is 1. The summed E-state index contributed by atoms with van der Waals surface area (Å²) in [5, 5.41) is 19.3. The van der Waals surface area contributed by atoms with Gasteiger partial charge in [-0.1, -0.05) is 30.3 Å². The number of benzene rings is 1. The number of hydrogen-bond donors (Lipinski definition) is 3. The van der Waals surface area contributed by atoms with E-state index in [1.54, 1.807) is 11.3 Å². The molecule has 6 heteroatoms. The maximum Gasteiger partial charge on any atom is 0.319 e. The number of piperidine rings is 1. The molecule has 0 radical (unpaired) electrons. The van der Waals surface area contributed by atoms with E-state index in [-0.39, 0.29) is 24.6 Å². The van der Waals surface area contributed by atoms with Gasteiger partial charge in [-0.15, -0.1) is 0 Å². The van der Waals surface area contributed by atoms with Crippen molar-refractivity contribution < 1.29 is 9.90 Å². The molecule has 0 bridgehead atoms. The number of carbonyl (C=O) groups excluding carboxylic acids is 1. The summed E-state index contributed by atoms with van der Waals surface area (Å²) in [5.41, 5.74) is 2.07. The number of aliphatic hydroxyl groups is 1. The van der Waals surface area contributed by atoms with Crippen LogP contribution in [-0.4, -0.2) is 41.8 Å². The highest BCUT2D eigenvalue weighted by molar-refractivity contribution is 7.08. The Bertz CT molecular complexity index is 633. The molecular formula is C18H23N3O2S. The molecule has 3 N–H and O–H groups in total. The molecule has 1 aromatic carbocycles. The van der Waals surface area contributed by atoms with E-state index in [0.29, 0.717) is 0 Å². The molecule has 3 rings (SSSR count). The van der Waals surface area contributed by atoms with E-state index in [9.17, 15) is 9.90 Å². The minimum absolute atomic E-state index is 0.0499. The maximum absolute atomic E-state index is 12.2. The summed E-state index contributed by atoms with van der Waals surface area (Å²) in [4.78, 5) is 14.5. The number of thiophene rings is 1. The molecule has 1 aliphatic rings. The molecular weight excluding hydrogens is 322 g/mol. The van der Waals surface area contributed by atoms with Crippen molar-refractivity contribution in [3.05, 3.63) is 52.7 Å². The summed E-state index contributed by atoms with van der Waals surface area (Å²) in [6.07, 6.45) is 0.882. The molecule has 1 fully saturated rings. The molecule has 5 nitrogen and oxygen atoms in total. The molecule has 1 aliphatic heterocycles. The van der Waals surface area contributed by atoms with Crippen LogP contribution in [0.25, 0.3) is 0 Å². The van der Waals surface area contributed by atoms with Crippen molar-refractivity contribution in [1.29, 1.82) is 0 Å². The van der Waals surface area contributed by atoms with Crippen molar-refractivity contribution in [1.82, 2.24) is 10.2 Å². The van der Waals surface area contributed by atoms with E-state index in [0.717, 1.165) is 31.7 Å². The summed E-state index contributed by atoms with van der Waals surface area (Å²) in [7, 11) is 0. The van der Waals surface area contributed by atoms with E-state index in [1.165, 1.54) is 5.56 Å². The SMILES string of the molecule is O=C(Nc1ccsc1)NC1CN(Cc2ccccc2)CCC1CO. The highest BCUT2D eigenvalue weighted by Gasteiger charge is 2.30. The van der Waals surface area contributed by atoms with Gasteiger partial charge in [0.25, 0.3) is 0 Å². The number of amides is 2. The Kier molecular flexibility index (Phi) is 5.85. The second-order valence-electron chi connectivity index (χ2n) is 6.17. The third-order valence-corrected chi connectivity index (χ3v) is 5.10. The van der Waals surface area contributed by atoms with Crippen molar-refractivity contribution in [3.63, 3.8) is 0 Å². The largest absolute Gasteiger partial charge is 0.396 e. The van der Waals surface area contributed by atoms with Crippen LogP contribution in [-0.2, 0) is 6.54 Å². The van der Waals surface area contributed by atoms with E-state index in [4.69, 9.17) is 0 Å². The Hall–Kier alpha value is -1.89. The predicted octanol–water partition coefficient (Wildman–Crippen LogP) is 2.75. The van der Waals surface area contributed by atoms with Gasteiger partial charge in [-0.2, -0.15) is 11.3 Å². The Morgan fingerprint density at radius 3 is 2.83 bits per heavy atom. The van der Waals surface area contributed by atoms with E-state index >= 15 is 0 Å². The van der Waals surface area contributed by atoms with Crippen LogP contribution in [0.1, 0.15) is 12.0 Å². The number of hydrogen-bond acceptors (Lipinski definition) is 4. The molecule has 0 saturated carbocycles. The Labute approximate surface area is 146 Å². The number of anilines is 1. The van der Waals surface area contributed by atoms with Crippen LogP contribution in [0.4, 0.5) is 10.5 Å². The Morgan fingerprint density at radius 2 is 2.12 bits per heavy atom. The number of rotatable bonds is 5. The average molecular weight is 345 g/mol. The molecule has 2 unspecified atom stereocenters. The lowest BCUT2D eigenvalue weighted by atomic mass is 9.92. The van der Waals surface area contributed by atoms with Crippen LogP contribution in [0, 0.1) is 5.92 Å². The standard InChI is InChI=1S/C18H23N3O2S/c22-12-15-6-8-21(10-14-4-2-1-3-5-14)11-17(15)20-18(23)19-16-7-9-24-13-16/h1-5,7,9,13,15,17,22H,6,8,10-12H2,(H2,19,20,23). The molecule has 24 heavy (non-hydrogen) atoms. The van der Waals surface area contributed by atoms with E-state index < -0.39 is 0 Å². The highest BCUT2D eigenvalue weighted by atomic mass is 32.1. The second-order valence-corrected chi connectivity index (χ2v) is 6.95. The van der Waals surface area contributed by atoms with Gasteiger partial charge in [0.05, 0.1) is 5.69 Å².